The van der Waals surface area contributed by atoms with E-state index in [1.165, 1.54) is 25.3 Å². The topological polar surface area (TPSA) is 109 Å². The van der Waals surface area contributed by atoms with Gasteiger partial charge in [-0.2, -0.15) is 0 Å². The molecule has 28 heavy (non-hydrogen) atoms. The molecule has 0 saturated carbocycles. The molecule has 0 fully saturated rings. The van der Waals surface area contributed by atoms with Crippen molar-refractivity contribution in [2.24, 2.45) is 0 Å². The predicted octanol–water partition coefficient (Wildman–Crippen LogP) is 1.81. The van der Waals surface area contributed by atoms with E-state index in [9.17, 15) is 9.59 Å². The van der Waals surface area contributed by atoms with Gasteiger partial charge in [0.15, 0.2) is 18.1 Å². The van der Waals surface area contributed by atoms with Crippen LogP contribution in [0.15, 0.2) is 36.4 Å². The second-order valence-corrected chi connectivity index (χ2v) is 5.82. The van der Waals surface area contributed by atoms with Crippen molar-refractivity contribution < 1.29 is 28.5 Å². The van der Waals surface area contributed by atoms with Crippen molar-refractivity contribution in [2.75, 3.05) is 40.2 Å². The summed E-state index contributed by atoms with van der Waals surface area (Å²) in [6.45, 7) is 0.204. The third kappa shape index (κ3) is 5.54. The van der Waals surface area contributed by atoms with Gasteiger partial charge in [0.05, 0.1) is 32.6 Å². The molecule has 150 valence electrons. The SMILES string of the molecule is COC(=O)c1ccc(N)c(OCC(=O)NCCc2ccc(OC)c(OC)c2)c1. The Morgan fingerprint density at radius 3 is 2.39 bits per heavy atom. The van der Waals surface area contributed by atoms with Crippen molar-refractivity contribution in [3.05, 3.63) is 47.5 Å². The molecule has 0 unspecified atom stereocenters. The van der Waals surface area contributed by atoms with E-state index in [1.807, 2.05) is 18.2 Å². The molecule has 0 aliphatic rings. The molecule has 2 aromatic rings. The van der Waals surface area contributed by atoms with Gasteiger partial charge in [-0.25, -0.2) is 4.79 Å². The maximum absolute atomic E-state index is 12.0. The lowest BCUT2D eigenvalue weighted by atomic mass is 10.1. The normalized spacial score (nSPS) is 10.1. The molecule has 0 bridgehead atoms. The predicted molar refractivity (Wildman–Crippen MR) is 104 cm³/mol. The highest BCUT2D eigenvalue weighted by Crippen LogP contribution is 2.27. The number of esters is 1. The van der Waals surface area contributed by atoms with E-state index in [0.29, 0.717) is 35.7 Å². The number of methoxy groups -OCH3 is 3. The van der Waals surface area contributed by atoms with Gasteiger partial charge in [0.1, 0.15) is 5.75 Å². The zero-order valence-electron chi connectivity index (χ0n) is 16.1. The molecular weight excluding hydrogens is 364 g/mol. The number of carbonyl (C=O) groups excluding carboxylic acids is 2. The number of amides is 1. The second kappa shape index (κ2) is 10.1. The van der Waals surface area contributed by atoms with E-state index >= 15 is 0 Å². The minimum atomic E-state index is -0.510. The number of nitrogens with one attached hydrogen (secondary N) is 1. The number of benzene rings is 2. The first-order valence-electron chi connectivity index (χ1n) is 8.56. The number of hydrogen-bond donors (Lipinski definition) is 2. The van der Waals surface area contributed by atoms with E-state index in [1.54, 1.807) is 14.2 Å². The van der Waals surface area contributed by atoms with Crippen LogP contribution in [0.2, 0.25) is 0 Å². The lowest BCUT2D eigenvalue weighted by molar-refractivity contribution is -0.123. The Morgan fingerprint density at radius 2 is 1.71 bits per heavy atom. The molecule has 0 atom stereocenters. The van der Waals surface area contributed by atoms with Gasteiger partial charge in [-0.05, 0) is 42.3 Å². The number of anilines is 1. The van der Waals surface area contributed by atoms with Crippen LogP contribution in [0.4, 0.5) is 5.69 Å². The number of nitrogen functional groups attached to an aromatic ring is 1. The lowest BCUT2D eigenvalue weighted by Crippen LogP contribution is -2.30. The van der Waals surface area contributed by atoms with Crippen molar-refractivity contribution in [1.29, 1.82) is 0 Å². The summed E-state index contributed by atoms with van der Waals surface area (Å²) in [5.41, 5.74) is 7.42. The zero-order valence-corrected chi connectivity index (χ0v) is 16.1. The third-order valence-electron chi connectivity index (χ3n) is 3.98. The maximum Gasteiger partial charge on any atom is 0.337 e. The van der Waals surface area contributed by atoms with Gasteiger partial charge in [-0.1, -0.05) is 6.07 Å². The van der Waals surface area contributed by atoms with Crippen LogP contribution in [0.25, 0.3) is 0 Å². The molecule has 8 heteroatoms. The van der Waals surface area contributed by atoms with Gasteiger partial charge in [0.25, 0.3) is 5.91 Å². The molecule has 0 aliphatic heterocycles. The molecule has 3 N–H and O–H groups in total. The Hall–Kier alpha value is -3.42. The van der Waals surface area contributed by atoms with Crippen molar-refractivity contribution in [3.63, 3.8) is 0 Å². The Kier molecular flexibility index (Phi) is 7.50. The van der Waals surface area contributed by atoms with Gasteiger partial charge < -0.3 is 30.0 Å². The van der Waals surface area contributed by atoms with E-state index < -0.39 is 5.97 Å². The first-order valence-corrected chi connectivity index (χ1v) is 8.56. The molecule has 0 saturated heterocycles. The number of rotatable bonds is 9. The molecule has 0 aliphatic carbocycles. The Morgan fingerprint density at radius 1 is 0.964 bits per heavy atom. The first-order chi connectivity index (χ1) is 13.5. The Balaban J connectivity index is 1.84. The summed E-state index contributed by atoms with van der Waals surface area (Å²) >= 11 is 0. The van der Waals surface area contributed by atoms with E-state index in [0.717, 1.165) is 5.56 Å². The highest BCUT2D eigenvalue weighted by Gasteiger charge is 2.11. The van der Waals surface area contributed by atoms with Gasteiger partial charge in [-0.15, -0.1) is 0 Å². The zero-order chi connectivity index (χ0) is 20.5. The minimum Gasteiger partial charge on any atom is -0.493 e. The summed E-state index contributed by atoms with van der Waals surface area (Å²) < 4.78 is 20.5. The fourth-order valence-corrected chi connectivity index (χ4v) is 2.48. The molecule has 0 heterocycles. The van der Waals surface area contributed by atoms with Crippen LogP contribution >= 0.6 is 0 Å². The summed E-state index contributed by atoms with van der Waals surface area (Å²) in [5, 5.41) is 2.77. The molecule has 0 spiro atoms. The maximum atomic E-state index is 12.0. The highest BCUT2D eigenvalue weighted by atomic mass is 16.5. The van der Waals surface area contributed by atoms with Crippen molar-refractivity contribution in [1.82, 2.24) is 5.32 Å². The average molecular weight is 388 g/mol. The third-order valence-corrected chi connectivity index (χ3v) is 3.98. The lowest BCUT2D eigenvalue weighted by Gasteiger charge is -2.11. The molecule has 8 nitrogen and oxygen atoms in total. The molecule has 2 rings (SSSR count). The summed E-state index contributed by atoms with van der Waals surface area (Å²) in [5.74, 6) is 0.719. The summed E-state index contributed by atoms with van der Waals surface area (Å²) in [6, 6.07) is 10.1. The van der Waals surface area contributed by atoms with Gasteiger partial charge in [0.2, 0.25) is 0 Å². The number of nitrogens with two attached hydrogens (primary N) is 1. The van der Waals surface area contributed by atoms with E-state index in [-0.39, 0.29) is 18.3 Å². The molecular formula is C20H24N2O6. The molecule has 2 aromatic carbocycles. The first kappa shape index (κ1) is 20.9. The minimum absolute atomic E-state index is 0.221. The summed E-state index contributed by atoms with van der Waals surface area (Å²) in [4.78, 5) is 23.6. The fourth-order valence-electron chi connectivity index (χ4n) is 2.48. The second-order valence-electron chi connectivity index (χ2n) is 5.82. The monoisotopic (exact) mass is 388 g/mol. The van der Waals surface area contributed by atoms with E-state index in [2.05, 4.69) is 10.1 Å². The van der Waals surface area contributed by atoms with Crippen LogP contribution in [0.3, 0.4) is 0 Å². The average Bonchev–Trinajstić information content (AvgIpc) is 2.72. The number of carbonyl (C=O) groups is 2. The largest absolute Gasteiger partial charge is 0.493 e. The van der Waals surface area contributed by atoms with Gasteiger partial charge >= 0.3 is 5.97 Å². The van der Waals surface area contributed by atoms with E-state index in [4.69, 9.17) is 19.9 Å². The smallest absolute Gasteiger partial charge is 0.337 e. The Bertz CT molecular complexity index is 837. The van der Waals surface area contributed by atoms with Gasteiger partial charge in [-0.3, -0.25) is 4.79 Å². The molecule has 0 radical (unpaired) electrons. The standard InChI is InChI=1S/C20H24N2O6/c1-25-16-7-4-13(10-18(16)26-2)8-9-22-19(23)12-28-17-11-14(20(24)27-3)5-6-15(17)21/h4-7,10-11H,8-9,12,21H2,1-3H3,(H,22,23). The molecule has 0 aromatic heterocycles. The van der Waals surface area contributed by atoms with Crippen LogP contribution in [-0.2, 0) is 16.0 Å². The highest BCUT2D eigenvalue weighted by molar-refractivity contribution is 5.90. The van der Waals surface area contributed by atoms with Crippen LogP contribution in [0.5, 0.6) is 17.2 Å². The van der Waals surface area contributed by atoms with Gasteiger partial charge in [0, 0.05) is 6.54 Å². The number of hydrogen-bond acceptors (Lipinski definition) is 7. The molecule has 1 amide bonds. The summed E-state index contributed by atoms with van der Waals surface area (Å²) in [7, 11) is 4.43. The number of ether oxygens (including phenoxy) is 4. The fraction of sp³-hybridized carbons (Fsp3) is 0.300. The Labute approximate surface area is 163 Å². The van der Waals surface area contributed by atoms with Crippen molar-refractivity contribution >= 4 is 17.6 Å². The quantitative estimate of drug-likeness (QED) is 0.498. The van der Waals surface area contributed by atoms with Crippen molar-refractivity contribution in [2.45, 2.75) is 6.42 Å². The van der Waals surface area contributed by atoms with Crippen LogP contribution < -0.4 is 25.3 Å². The summed E-state index contributed by atoms with van der Waals surface area (Å²) in [6.07, 6.45) is 0.617. The van der Waals surface area contributed by atoms with Crippen LogP contribution in [0, 0.1) is 0 Å². The van der Waals surface area contributed by atoms with Crippen LogP contribution in [0.1, 0.15) is 15.9 Å². The van der Waals surface area contributed by atoms with Crippen LogP contribution in [-0.4, -0.2) is 46.4 Å². The van der Waals surface area contributed by atoms with Crippen molar-refractivity contribution in [3.8, 4) is 17.2 Å².